The first-order valence-corrected chi connectivity index (χ1v) is 4.46. The van der Waals surface area contributed by atoms with Gasteiger partial charge in [0.25, 0.3) is 0 Å². The van der Waals surface area contributed by atoms with Crippen LogP contribution >= 0.6 is 0 Å². The predicted molar refractivity (Wildman–Crippen MR) is 49.9 cm³/mol. The molecule has 0 heterocycles. The molecule has 0 bridgehead atoms. The van der Waals surface area contributed by atoms with Crippen molar-refractivity contribution in [3.8, 4) is 6.07 Å². The molecule has 0 spiro atoms. The number of nitrogens with zero attached hydrogens (tertiary/aromatic N) is 1. The fourth-order valence-corrected chi connectivity index (χ4v) is 1.16. The molecule has 2 nitrogen and oxygen atoms in total. The van der Waals surface area contributed by atoms with Gasteiger partial charge in [0.15, 0.2) is 11.6 Å². The second kappa shape index (κ2) is 5.20. The highest BCUT2D eigenvalue weighted by atomic mass is 19.2. The summed E-state index contributed by atoms with van der Waals surface area (Å²) in [6.07, 6.45) is 0.375. The van der Waals surface area contributed by atoms with Crippen LogP contribution in [-0.4, -0.2) is 5.78 Å². The largest absolute Gasteiger partial charge is 0.299 e. The lowest BCUT2D eigenvalue weighted by Gasteiger charge is -2.00. The van der Waals surface area contributed by atoms with Gasteiger partial charge in [-0.15, -0.1) is 0 Å². The van der Waals surface area contributed by atoms with E-state index >= 15 is 0 Å². The summed E-state index contributed by atoms with van der Waals surface area (Å²) in [4.78, 5) is 11.0. The average Bonchev–Trinajstić information content (AvgIpc) is 2.20. The SMILES string of the molecule is N#CCC(=O)CCc1ccc(F)c(F)c1. The zero-order valence-electron chi connectivity index (χ0n) is 7.96. The molecule has 4 heteroatoms. The summed E-state index contributed by atoms with van der Waals surface area (Å²) in [5, 5.41) is 8.23. The number of ketones is 1. The van der Waals surface area contributed by atoms with Crippen LogP contribution in [0.3, 0.4) is 0 Å². The van der Waals surface area contributed by atoms with Gasteiger partial charge < -0.3 is 0 Å². The number of rotatable bonds is 4. The van der Waals surface area contributed by atoms with Gasteiger partial charge in [0.2, 0.25) is 0 Å². The van der Waals surface area contributed by atoms with Crippen molar-refractivity contribution in [3.63, 3.8) is 0 Å². The highest BCUT2D eigenvalue weighted by Crippen LogP contribution is 2.10. The van der Waals surface area contributed by atoms with Crippen molar-refractivity contribution in [1.29, 1.82) is 5.26 Å². The Morgan fingerprint density at radius 3 is 2.67 bits per heavy atom. The lowest BCUT2D eigenvalue weighted by atomic mass is 10.1. The number of aryl methyl sites for hydroxylation is 1. The standard InChI is InChI=1S/C11H9F2NO/c12-10-4-2-8(7-11(10)13)1-3-9(15)5-6-14/h2,4,7H,1,3,5H2. The molecule has 0 radical (unpaired) electrons. The molecular formula is C11H9F2NO. The Morgan fingerprint density at radius 1 is 1.33 bits per heavy atom. The van der Waals surface area contributed by atoms with E-state index in [0.717, 1.165) is 12.1 Å². The van der Waals surface area contributed by atoms with Gasteiger partial charge in [-0.3, -0.25) is 4.79 Å². The van der Waals surface area contributed by atoms with Crippen LogP contribution in [0.5, 0.6) is 0 Å². The zero-order valence-corrected chi connectivity index (χ0v) is 7.96. The van der Waals surface area contributed by atoms with Crippen LogP contribution < -0.4 is 0 Å². The molecule has 0 fully saturated rings. The topological polar surface area (TPSA) is 40.9 Å². The number of benzene rings is 1. The van der Waals surface area contributed by atoms with Crippen molar-refractivity contribution in [3.05, 3.63) is 35.4 Å². The van der Waals surface area contributed by atoms with Crippen molar-refractivity contribution in [1.82, 2.24) is 0 Å². The molecule has 0 amide bonds. The highest BCUT2D eigenvalue weighted by molar-refractivity contribution is 5.80. The van der Waals surface area contributed by atoms with E-state index < -0.39 is 11.6 Å². The number of hydrogen-bond donors (Lipinski definition) is 0. The molecule has 1 rings (SSSR count). The minimum atomic E-state index is -0.916. The van der Waals surface area contributed by atoms with E-state index in [1.165, 1.54) is 6.07 Å². The van der Waals surface area contributed by atoms with Crippen molar-refractivity contribution in [2.45, 2.75) is 19.3 Å². The average molecular weight is 209 g/mol. The normalized spacial score (nSPS) is 9.67. The zero-order chi connectivity index (χ0) is 11.3. The number of carbonyl (C=O) groups is 1. The molecule has 78 valence electrons. The van der Waals surface area contributed by atoms with Crippen LogP contribution in [0.2, 0.25) is 0 Å². The first-order chi connectivity index (χ1) is 7.13. The molecule has 1 aromatic carbocycles. The van der Waals surface area contributed by atoms with Crippen LogP contribution in [0.25, 0.3) is 0 Å². The van der Waals surface area contributed by atoms with Gasteiger partial charge in [-0.2, -0.15) is 5.26 Å². The highest BCUT2D eigenvalue weighted by Gasteiger charge is 2.05. The quantitative estimate of drug-likeness (QED) is 0.763. The summed E-state index contributed by atoms with van der Waals surface area (Å²) in [6, 6.07) is 5.26. The predicted octanol–water partition coefficient (Wildman–Crippen LogP) is 2.38. The van der Waals surface area contributed by atoms with Crippen LogP contribution in [0.1, 0.15) is 18.4 Å². The molecule has 15 heavy (non-hydrogen) atoms. The van der Waals surface area contributed by atoms with Crippen LogP contribution in [-0.2, 0) is 11.2 Å². The van der Waals surface area contributed by atoms with E-state index in [-0.39, 0.29) is 18.6 Å². The summed E-state index contributed by atoms with van der Waals surface area (Å²) in [5.74, 6) is -2.01. The number of hydrogen-bond acceptors (Lipinski definition) is 2. The fraction of sp³-hybridized carbons (Fsp3) is 0.273. The molecule has 0 atom stereocenters. The lowest BCUT2D eigenvalue weighted by Crippen LogP contribution is -1.99. The third-order valence-electron chi connectivity index (χ3n) is 1.95. The Labute approximate surface area is 86.1 Å². The molecule has 0 saturated carbocycles. The van der Waals surface area contributed by atoms with Crippen LogP contribution in [0.4, 0.5) is 8.78 Å². The van der Waals surface area contributed by atoms with E-state index in [1.807, 2.05) is 0 Å². The Morgan fingerprint density at radius 2 is 2.07 bits per heavy atom. The van der Waals surface area contributed by atoms with Crippen LogP contribution in [0, 0.1) is 23.0 Å². The summed E-state index contributed by atoms with van der Waals surface area (Å²) in [6.45, 7) is 0. The molecule has 0 N–H and O–H groups in total. The minimum Gasteiger partial charge on any atom is -0.299 e. The second-order valence-electron chi connectivity index (χ2n) is 3.12. The summed E-state index contributed by atoms with van der Waals surface area (Å²) in [5.41, 5.74) is 0.556. The molecular weight excluding hydrogens is 200 g/mol. The van der Waals surface area contributed by atoms with Gasteiger partial charge in [0, 0.05) is 6.42 Å². The monoisotopic (exact) mass is 209 g/mol. The van der Waals surface area contributed by atoms with Crippen LogP contribution in [0.15, 0.2) is 18.2 Å². The summed E-state index contributed by atoms with van der Waals surface area (Å²) in [7, 11) is 0. The van der Waals surface area contributed by atoms with E-state index in [9.17, 15) is 13.6 Å². The van der Waals surface area contributed by atoms with E-state index in [0.29, 0.717) is 12.0 Å². The molecule has 1 aromatic rings. The maximum atomic E-state index is 12.7. The molecule has 0 unspecified atom stereocenters. The van der Waals surface area contributed by atoms with Crippen molar-refractivity contribution >= 4 is 5.78 Å². The third-order valence-corrected chi connectivity index (χ3v) is 1.95. The second-order valence-corrected chi connectivity index (χ2v) is 3.12. The van der Waals surface area contributed by atoms with Gasteiger partial charge in [-0.05, 0) is 24.1 Å². The van der Waals surface area contributed by atoms with Gasteiger partial charge >= 0.3 is 0 Å². The Kier molecular flexibility index (Phi) is 3.92. The maximum Gasteiger partial charge on any atom is 0.159 e. The number of halogens is 2. The lowest BCUT2D eigenvalue weighted by molar-refractivity contribution is -0.118. The van der Waals surface area contributed by atoms with Crippen molar-refractivity contribution in [2.75, 3.05) is 0 Å². The third kappa shape index (κ3) is 3.47. The van der Waals surface area contributed by atoms with E-state index in [2.05, 4.69) is 0 Å². The molecule has 0 aliphatic carbocycles. The first-order valence-electron chi connectivity index (χ1n) is 4.46. The van der Waals surface area contributed by atoms with Gasteiger partial charge in [-0.25, -0.2) is 8.78 Å². The van der Waals surface area contributed by atoms with Crippen molar-refractivity contribution < 1.29 is 13.6 Å². The molecule has 0 saturated heterocycles. The number of carbonyl (C=O) groups excluding carboxylic acids is 1. The molecule has 0 aromatic heterocycles. The Balaban J connectivity index is 2.55. The Bertz CT molecular complexity index is 410. The smallest absolute Gasteiger partial charge is 0.159 e. The van der Waals surface area contributed by atoms with Crippen molar-refractivity contribution in [2.24, 2.45) is 0 Å². The molecule has 0 aliphatic rings. The fourth-order valence-electron chi connectivity index (χ4n) is 1.16. The number of Topliss-reactive ketones (excluding diaryl/α,β-unsaturated/α-hetero) is 1. The van der Waals surface area contributed by atoms with Gasteiger partial charge in [-0.1, -0.05) is 6.07 Å². The summed E-state index contributed by atoms with van der Waals surface area (Å²) >= 11 is 0. The molecule has 0 aliphatic heterocycles. The first kappa shape index (κ1) is 11.3. The maximum absolute atomic E-state index is 12.7. The van der Waals surface area contributed by atoms with E-state index in [1.54, 1.807) is 6.07 Å². The number of nitriles is 1. The van der Waals surface area contributed by atoms with Gasteiger partial charge in [0.1, 0.15) is 5.78 Å². The Hall–Kier alpha value is -1.76. The minimum absolute atomic E-state index is 0.135. The van der Waals surface area contributed by atoms with Gasteiger partial charge in [0.05, 0.1) is 12.5 Å². The summed E-state index contributed by atoms with van der Waals surface area (Å²) < 4.78 is 25.3. The van der Waals surface area contributed by atoms with E-state index in [4.69, 9.17) is 5.26 Å².